The van der Waals surface area contributed by atoms with Gasteiger partial charge in [0.25, 0.3) is 11.5 Å². The standard InChI is InChI=1S/C22H23N3O3/c1-13-10-16-11-15(4-5-18(16)28-13)21(27)25-9-3-7-22(12-25)8-6-17-19(22)23-14(2)24-20(17)26/h4-5,10-11H,3,6-9,12H2,1-2H3,(H,23,24,26). The minimum Gasteiger partial charge on any atom is -0.461 e. The van der Waals surface area contributed by atoms with Crippen LogP contribution in [0, 0.1) is 13.8 Å². The molecule has 2 aliphatic rings. The van der Waals surface area contributed by atoms with Gasteiger partial charge in [-0.2, -0.15) is 0 Å². The molecule has 1 unspecified atom stereocenters. The Hall–Kier alpha value is -2.89. The van der Waals surface area contributed by atoms with Crippen molar-refractivity contribution in [1.29, 1.82) is 0 Å². The lowest BCUT2D eigenvalue weighted by Crippen LogP contribution is -2.48. The first-order chi connectivity index (χ1) is 13.4. The summed E-state index contributed by atoms with van der Waals surface area (Å²) in [5, 5.41) is 0.949. The first kappa shape index (κ1) is 17.2. The summed E-state index contributed by atoms with van der Waals surface area (Å²) in [5.74, 6) is 1.52. The number of likely N-dealkylation sites (tertiary alicyclic amines) is 1. The number of aryl methyl sites for hydroxylation is 2. The zero-order valence-corrected chi connectivity index (χ0v) is 16.2. The molecule has 3 heterocycles. The number of benzene rings is 1. The van der Waals surface area contributed by atoms with Crippen LogP contribution in [0.5, 0.6) is 0 Å². The number of fused-ring (bicyclic) bond motifs is 3. The van der Waals surface area contributed by atoms with Crippen LogP contribution in [0.25, 0.3) is 11.0 Å². The van der Waals surface area contributed by atoms with Gasteiger partial charge >= 0.3 is 0 Å². The van der Waals surface area contributed by atoms with E-state index < -0.39 is 0 Å². The van der Waals surface area contributed by atoms with Gasteiger partial charge in [0.15, 0.2) is 0 Å². The van der Waals surface area contributed by atoms with Crippen LogP contribution in [0.3, 0.4) is 0 Å². The molecule has 1 amide bonds. The average Bonchev–Trinajstić information content (AvgIpc) is 3.21. The number of amides is 1. The Morgan fingerprint density at radius 1 is 1.25 bits per heavy atom. The number of nitrogens with zero attached hydrogens (tertiary/aromatic N) is 2. The molecule has 1 N–H and O–H groups in total. The highest BCUT2D eigenvalue weighted by molar-refractivity contribution is 5.98. The van der Waals surface area contributed by atoms with Crippen LogP contribution in [0.1, 0.15) is 52.5 Å². The minimum atomic E-state index is -0.196. The van der Waals surface area contributed by atoms with Gasteiger partial charge in [-0.05, 0) is 63.8 Å². The van der Waals surface area contributed by atoms with Crippen molar-refractivity contribution in [3.05, 3.63) is 63.0 Å². The Morgan fingerprint density at radius 2 is 2.11 bits per heavy atom. The van der Waals surface area contributed by atoms with Gasteiger partial charge in [0.1, 0.15) is 17.2 Å². The number of aromatic nitrogens is 2. The molecule has 6 nitrogen and oxygen atoms in total. The summed E-state index contributed by atoms with van der Waals surface area (Å²) < 4.78 is 5.62. The monoisotopic (exact) mass is 377 g/mol. The van der Waals surface area contributed by atoms with Crippen molar-refractivity contribution in [2.45, 2.75) is 44.9 Å². The Labute approximate surface area is 162 Å². The molecular formula is C22H23N3O3. The van der Waals surface area contributed by atoms with Crippen LogP contribution in [-0.4, -0.2) is 33.9 Å². The third kappa shape index (κ3) is 2.58. The molecule has 2 aromatic heterocycles. The lowest BCUT2D eigenvalue weighted by molar-refractivity contribution is 0.0633. The van der Waals surface area contributed by atoms with Crippen molar-refractivity contribution < 1.29 is 9.21 Å². The second kappa shape index (κ2) is 6.06. The van der Waals surface area contributed by atoms with E-state index in [9.17, 15) is 9.59 Å². The molecule has 0 bridgehead atoms. The molecule has 6 heteroatoms. The van der Waals surface area contributed by atoms with Crippen LogP contribution < -0.4 is 5.56 Å². The molecule has 1 atom stereocenters. The molecule has 5 rings (SSSR count). The van der Waals surface area contributed by atoms with E-state index in [1.54, 1.807) is 0 Å². The van der Waals surface area contributed by atoms with Gasteiger partial charge in [0, 0.05) is 35.0 Å². The fourth-order valence-corrected chi connectivity index (χ4v) is 4.96. The highest BCUT2D eigenvalue weighted by atomic mass is 16.3. The smallest absolute Gasteiger partial charge is 0.254 e. The normalized spacial score (nSPS) is 21.4. The van der Waals surface area contributed by atoms with Gasteiger partial charge in [-0.25, -0.2) is 4.98 Å². The highest BCUT2D eigenvalue weighted by Crippen LogP contribution is 2.43. The summed E-state index contributed by atoms with van der Waals surface area (Å²) in [6, 6.07) is 7.57. The zero-order chi connectivity index (χ0) is 19.5. The molecule has 144 valence electrons. The highest BCUT2D eigenvalue weighted by Gasteiger charge is 2.45. The van der Waals surface area contributed by atoms with Crippen molar-refractivity contribution in [3.63, 3.8) is 0 Å². The van der Waals surface area contributed by atoms with E-state index in [-0.39, 0.29) is 16.9 Å². The number of carbonyl (C=O) groups is 1. The zero-order valence-electron chi connectivity index (χ0n) is 16.2. The molecule has 3 aromatic rings. The number of rotatable bonds is 1. The maximum atomic E-state index is 13.2. The van der Waals surface area contributed by atoms with Crippen molar-refractivity contribution in [2.75, 3.05) is 13.1 Å². The van der Waals surface area contributed by atoms with E-state index in [2.05, 4.69) is 4.98 Å². The fourth-order valence-electron chi connectivity index (χ4n) is 4.96. The van der Waals surface area contributed by atoms with E-state index in [0.29, 0.717) is 17.9 Å². The number of piperidine rings is 1. The van der Waals surface area contributed by atoms with Crippen molar-refractivity contribution >= 4 is 16.9 Å². The third-order valence-electron chi connectivity index (χ3n) is 6.24. The first-order valence-electron chi connectivity index (χ1n) is 9.85. The van der Waals surface area contributed by atoms with Crippen molar-refractivity contribution in [1.82, 2.24) is 14.9 Å². The second-order valence-corrected chi connectivity index (χ2v) is 8.20. The van der Waals surface area contributed by atoms with Crippen molar-refractivity contribution in [2.24, 2.45) is 0 Å². The van der Waals surface area contributed by atoms with Gasteiger partial charge in [0.2, 0.25) is 0 Å². The van der Waals surface area contributed by atoms with Gasteiger partial charge in [0.05, 0.1) is 5.69 Å². The van der Waals surface area contributed by atoms with E-state index in [1.165, 1.54) is 0 Å². The predicted octanol–water partition coefficient (Wildman–Crippen LogP) is 3.25. The lowest BCUT2D eigenvalue weighted by atomic mass is 9.77. The molecule has 1 fully saturated rings. The SMILES string of the molecule is Cc1nc2c(c(=O)[nH]1)CCC21CCCN(C(=O)c2ccc3oc(C)cc3c2)C1. The molecule has 0 radical (unpaired) electrons. The predicted molar refractivity (Wildman–Crippen MR) is 106 cm³/mol. The summed E-state index contributed by atoms with van der Waals surface area (Å²) in [6.07, 6.45) is 3.51. The second-order valence-electron chi connectivity index (χ2n) is 8.20. The van der Waals surface area contributed by atoms with Gasteiger partial charge < -0.3 is 14.3 Å². The quantitative estimate of drug-likeness (QED) is 0.706. The number of aromatic amines is 1. The summed E-state index contributed by atoms with van der Waals surface area (Å²) in [7, 11) is 0. The average molecular weight is 377 g/mol. The molecule has 1 aromatic carbocycles. The number of hydrogen-bond donors (Lipinski definition) is 1. The first-order valence-corrected chi connectivity index (χ1v) is 9.85. The fraction of sp³-hybridized carbons (Fsp3) is 0.409. The van der Waals surface area contributed by atoms with E-state index in [1.807, 2.05) is 43.0 Å². The van der Waals surface area contributed by atoms with E-state index in [0.717, 1.165) is 60.2 Å². The largest absolute Gasteiger partial charge is 0.461 e. The maximum absolute atomic E-state index is 13.2. The van der Waals surface area contributed by atoms with Gasteiger partial charge in [-0.3, -0.25) is 9.59 Å². The Morgan fingerprint density at radius 3 is 2.96 bits per heavy atom. The van der Waals surface area contributed by atoms with Crippen LogP contribution in [0.15, 0.2) is 33.5 Å². The molecule has 1 aliphatic carbocycles. The van der Waals surface area contributed by atoms with Crippen molar-refractivity contribution in [3.8, 4) is 0 Å². The van der Waals surface area contributed by atoms with Crippen LogP contribution >= 0.6 is 0 Å². The number of H-pyrrole nitrogens is 1. The summed E-state index contributed by atoms with van der Waals surface area (Å²) in [6.45, 7) is 5.09. The Balaban J connectivity index is 1.48. The van der Waals surface area contributed by atoms with Gasteiger partial charge in [-0.1, -0.05) is 0 Å². The van der Waals surface area contributed by atoms with Crippen LogP contribution in [-0.2, 0) is 11.8 Å². The number of furan rings is 1. The topological polar surface area (TPSA) is 79.2 Å². The van der Waals surface area contributed by atoms with Gasteiger partial charge in [-0.15, -0.1) is 0 Å². The van der Waals surface area contributed by atoms with E-state index >= 15 is 0 Å². The minimum absolute atomic E-state index is 0.0244. The summed E-state index contributed by atoms with van der Waals surface area (Å²) in [5.41, 5.74) is 2.97. The lowest BCUT2D eigenvalue weighted by Gasteiger charge is -2.40. The third-order valence-corrected chi connectivity index (χ3v) is 6.24. The molecule has 1 saturated heterocycles. The molecule has 1 aliphatic heterocycles. The van der Waals surface area contributed by atoms with Crippen LogP contribution in [0.4, 0.5) is 0 Å². The van der Waals surface area contributed by atoms with E-state index in [4.69, 9.17) is 9.40 Å². The Bertz CT molecular complexity index is 1160. The number of hydrogen-bond acceptors (Lipinski definition) is 4. The number of nitrogens with one attached hydrogen (secondary N) is 1. The molecule has 28 heavy (non-hydrogen) atoms. The molecular weight excluding hydrogens is 354 g/mol. The summed E-state index contributed by atoms with van der Waals surface area (Å²) >= 11 is 0. The summed E-state index contributed by atoms with van der Waals surface area (Å²) in [4.78, 5) is 35.0. The number of carbonyl (C=O) groups excluding carboxylic acids is 1. The van der Waals surface area contributed by atoms with Crippen LogP contribution in [0.2, 0.25) is 0 Å². The maximum Gasteiger partial charge on any atom is 0.254 e. The molecule has 0 saturated carbocycles. The Kier molecular flexibility index (Phi) is 3.73. The molecule has 1 spiro atoms.